The number of aromatic carboxylic acids is 1. The van der Waals surface area contributed by atoms with Crippen molar-refractivity contribution in [1.29, 1.82) is 0 Å². The minimum atomic E-state index is -0.913. The van der Waals surface area contributed by atoms with Crippen LogP contribution in [0.5, 0.6) is 0 Å². The number of aliphatic imine (C=N–C) groups is 1. The van der Waals surface area contributed by atoms with Crippen LogP contribution in [-0.2, 0) is 5.41 Å². The lowest BCUT2D eigenvalue weighted by Crippen LogP contribution is -2.19. The number of carboxylic acids is 1. The molecule has 1 aliphatic rings. The second-order valence-electron chi connectivity index (χ2n) is 4.04. The van der Waals surface area contributed by atoms with Gasteiger partial charge in [-0.1, -0.05) is 26.0 Å². The Morgan fingerprint density at radius 3 is 2.87 bits per heavy atom. The van der Waals surface area contributed by atoms with Crippen LogP contribution in [0.25, 0.3) is 0 Å². The largest absolute Gasteiger partial charge is 0.478 e. The van der Waals surface area contributed by atoms with Crippen molar-refractivity contribution in [2.45, 2.75) is 25.7 Å². The van der Waals surface area contributed by atoms with Crippen molar-refractivity contribution in [2.75, 3.05) is 0 Å². The summed E-state index contributed by atoms with van der Waals surface area (Å²) < 4.78 is 0. The van der Waals surface area contributed by atoms with E-state index in [9.17, 15) is 4.79 Å². The van der Waals surface area contributed by atoms with Gasteiger partial charge in [-0.15, -0.1) is 0 Å². The molecule has 0 fully saturated rings. The Morgan fingerprint density at radius 1 is 1.53 bits per heavy atom. The molecule has 0 radical (unpaired) electrons. The molecular weight excluding hydrogens is 190 g/mol. The number of benzene rings is 1. The monoisotopic (exact) mass is 203 g/mol. The Morgan fingerprint density at radius 2 is 2.27 bits per heavy atom. The number of nitrogens with zero attached hydrogens (tertiary/aromatic N) is 1. The number of carbonyl (C=O) groups is 1. The van der Waals surface area contributed by atoms with Crippen molar-refractivity contribution < 1.29 is 9.90 Å². The van der Waals surface area contributed by atoms with E-state index in [-0.39, 0.29) is 5.41 Å². The third kappa shape index (κ3) is 1.35. The highest BCUT2D eigenvalue weighted by atomic mass is 16.4. The van der Waals surface area contributed by atoms with Gasteiger partial charge in [0.2, 0.25) is 0 Å². The van der Waals surface area contributed by atoms with Gasteiger partial charge in [0.15, 0.2) is 0 Å². The summed E-state index contributed by atoms with van der Waals surface area (Å²) in [4.78, 5) is 15.2. The molecule has 1 aliphatic heterocycles. The molecule has 0 aliphatic carbocycles. The lowest BCUT2D eigenvalue weighted by Gasteiger charge is -2.20. The highest BCUT2D eigenvalue weighted by molar-refractivity contribution is 5.98. The van der Waals surface area contributed by atoms with Crippen LogP contribution < -0.4 is 0 Å². The van der Waals surface area contributed by atoms with Crippen molar-refractivity contribution >= 4 is 17.9 Å². The Kier molecular flexibility index (Phi) is 2.11. The van der Waals surface area contributed by atoms with Crippen LogP contribution in [0.15, 0.2) is 23.2 Å². The number of hydrogen-bond acceptors (Lipinski definition) is 2. The standard InChI is InChI=1S/C12H13NO2/c1-3-12(2)7-13-10-8(11(14)15)5-4-6-9(10)12/h4-7H,3H2,1-2H3,(H,14,15)/t12-/m1/s1. The van der Waals surface area contributed by atoms with Crippen LogP contribution in [0.1, 0.15) is 36.2 Å². The predicted molar refractivity (Wildman–Crippen MR) is 59.2 cm³/mol. The highest BCUT2D eigenvalue weighted by Crippen LogP contribution is 2.40. The zero-order chi connectivity index (χ0) is 11.1. The molecule has 15 heavy (non-hydrogen) atoms. The van der Waals surface area contributed by atoms with Gasteiger partial charge in [0.25, 0.3) is 0 Å². The summed E-state index contributed by atoms with van der Waals surface area (Å²) in [5.41, 5.74) is 1.82. The van der Waals surface area contributed by atoms with Crippen molar-refractivity contribution in [3.05, 3.63) is 29.3 Å². The number of carboxylic acid groups (broad SMARTS) is 1. The summed E-state index contributed by atoms with van der Waals surface area (Å²) in [7, 11) is 0. The van der Waals surface area contributed by atoms with E-state index < -0.39 is 5.97 Å². The molecule has 2 rings (SSSR count). The summed E-state index contributed by atoms with van der Waals surface area (Å²) in [5.74, 6) is -0.913. The third-order valence-corrected chi connectivity index (χ3v) is 3.09. The second kappa shape index (κ2) is 3.19. The molecule has 1 aromatic rings. The fourth-order valence-corrected chi connectivity index (χ4v) is 1.87. The predicted octanol–water partition coefficient (Wildman–Crippen LogP) is 2.77. The lowest BCUT2D eigenvalue weighted by molar-refractivity contribution is 0.0698. The van der Waals surface area contributed by atoms with E-state index in [1.165, 1.54) is 0 Å². The van der Waals surface area contributed by atoms with Gasteiger partial charge >= 0.3 is 5.97 Å². The first kappa shape index (κ1) is 9.90. The van der Waals surface area contributed by atoms with Crippen LogP contribution in [0.4, 0.5) is 5.69 Å². The van der Waals surface area contributed by atoms with Gasteiger partial charge in [-0.05, 0) is 18.1 Å². The molecule has 3 nitrogen and oxygen atoms in total. The van der Waals surface area contributed by atoms with Gasteiger partial charge in [0, 0.05) is 11.6 Å². The molecular formula is C12H13NO2. The first-order valence-corrected chi connectivity index (χ1v) is 5.00. The minimum absolute atomic E-state index is 0.110. The number of para-hydroxylation sites is 1. The SMILES string of the molecule is CC[C@]1(C)C=Nc2c(C(=O)O)cccc21. The van der Waals surface area contributed by atoms with Crippen LogP contribution in [-0.4, -0.2) is 17.3 Å². The normalized spacial score (nSPS) is 22.8. The number of rotatable bonds is 2. The van der Waals surface area contributed by atoms with Gasteiger partial charge in [-0.3, -0.25) is 4.99 Å². The molecule has 0 saturated carbocycles. The molecule has 3 heteroatoms. The van der Waals surface area contributed by atoms with E-state index in [1.807, 2.05) is 12.3 Å². The Balaban J connectivity index is 2.63. The maximum atomic E-state index is 11.0. The molecule has 0 amide bonds. The number of fused-ring (bicyclic) bond motifs is 1. The molecule has 0 aromatic heterocycles. The van der Waals surface area contributed by atoms with E-state index in [0.29, 0.717) is 11.3 Å². The summed E-state index contributed by atoms with van der Waals surface area (Å²) >= 11 is 0. The quantitative estimate of drug-likeness (QED) is 0.803. The van der Waals surface area contributed by atoms with Crippen molar-refractivity contribution in [3.8, 4) is 0 Å². The topological polar surface area (TPSA) is 49.7 Å². The zero-order valence-corrected chi connectivity index (χ0v) is 8.82. The highest BCUT2D eigenvalue weighted by Gasteiger charge is 2.31. The molecule has 0 spiro atoms. The van der Waals surface area contributed by atoms with Gasteiger partial charge in [0.05, 0.1) is 11.3 Å². The average molecular weight is 203 g/mol. The van der Waals surface area contributed by atoms with Gasteiger partial charge in [-0.2, -0.15) is 0 Å². The van der Waals surface area contributed by atoms with Crippen LogP contribution in [0.2, 0.25) is 0 Å². The van der Waals surface area contributed by atoms with Crippen LogP contribution in [0, 0.1) is 0 Å². The summed E-state index contributed by atoms with van der Waals surface area (Å²) in [6.07, 6.45) is 2.77. The first-order chi connectivity index (χ1) is 7.08. The van der Waals surface area contributed by atoms with Crippen LogP contribution >= 0.6 is 0 Å². The Labute approximate surface area is 88.5 Å². The van der Waals surface area contributed by atoms with Crippen molar-refractivity contribution in [1.82, 2.24) is 0 Å². The van der Waals surface area contributed by atoms with E-state index in [1.54, 1.807) is 12.1 Å². The molecule has 0 saturated heterocycles. The second-order valence-corrected chi connectivity index (χ2v) is 4.04. The molecule has 78 valence electrons. The molecule has 1 heterocycles. The van der Waals surface area contributed by atoms with E-state index in [0.717, 1.165) is 12.0 Å². The van der Waals surface area contributed by atoms with Gasteiger partial charge < -0.3 is 5.11 Å². The first-order valence-electron chi connectivity index (χ1n) is 5.00. The molecule has 1 atom stereocenters. The van der Waals surface area contributed by atoms with Crippen molar-refractivity contribution in [3.63, 3.8) is 0 Å². The smallest absolute Gasteiger partial charge is 0.337 e. The average Bonchev–Trinajstić information content (AvgIpc) is 2.57. The van der Waals surface area contributed by atoms with Gasteiger partial charge in [0.1, 0.15) is 0 Å². The maximum absolute atomic E-state index is 11.0. The summed E-state index contributed by atoms with van der Waals surface area (Å²) in [6, 6.07) is 5.34. The fraction of sp³-hybridized carbons (Fsp3) is 0.333. The van der Waals surface area contributed by atoms with Crippen LogP contribution in [0.3, 0.4) is 0 Å². The number of hydrogen-bond donors (Lipinski definition) is 1. The summed E-state index contributed by atoms with van der Waals surface area (Å²) in [5, 5.41) is 9.02. The zero-order valence-electron chi connectivity index (χ0n) is 8.82. The molecule has 1 N–H and O–H groups in total. The molecule has 1 aromatic carbocycles. The summed E-state index contributed by atoms with van der Waals surface area (Å²) in [6.45, 7) is 4.16. The van der Waals surface area contributed by atoms with Gasteiger partial charge in [-0.25, -0.2) is 4.79 Å². The fourth-order valence-electron chi connectivity index (χ4n) is 1.87. The van der Waals surface area contributed by atoms with E-state index >= 15 is 0 Å². The molecule has 0 bridgehead atoms. The van der Waals surface area contributed by atoms with E-state index in [2.05, 4.69) is 18.8 Å². The minimum Gasteiger partial charge on any atom is -0.478 e. The maximum Gasteiger partial charge on any atom is 0.337 e. The van der Waals surface area contributed by atoms with E-state index in [4.69, 9.17) is 5.11 Å². The Bertz CT molecular complexity index is 451. The molecule has 0 unspecified atom stereocenters. The Hall–Kier alpha value is -1.64. The third-order valence-electron chi connectivity index (χ3n) is 3.09. The lowest BCUT2D eigenvalue weighted by atomic mass is 9.82. The van der Waals surface area contributed by atoms with Crippen molar-refractivity contribution in [2.24, 2.45) is 4.99 Å².